The maximum atomic E-state index is 12.8. The molecule has 224 valence electrons. The third-order valence-electron chi connectivity index (χ3n) is 8.93. The summed E-state index contributed by atoms with van der Waals surface area (Å²) in [6.45, 7) is 20.5. The average molecular weight is 579 g/mol. The lowest BCUT2D eigenvalue weighted by atomic mass is 9.78. The topological polar surface area (TPSA) is 59.1 Å². The minimum absolute atomic E-state index is 0.0889. The molecule has 0 radical (unpaired) electrons. The summed E-state index contributed by atoms with van der Waals surface area (Å²) in [5, 5.41) is 2.14. The Morgan fingerprint density at radius 1 is 0.585 bits per heavy atom. The van der Waals surface area contributed by atoms with E-state index in [1.54, 1.807) is 13.8 Å². The van der Waals surface area contributed by atoms with E-state index in [1.807, 2.05) is 21.9 Å². The maximum absolute atomic E-state index is 12.8. The van der Waals surface area contributed by atoms with Gasteiger partial charge in [0.1, 0.15) is 0 Å². The number of nitrogens with zero attached hydrogens (tertiary/aromatic N) is 2. The largest absolute Gasteiger partial charge is 0.407 e. The minimum atomic E-state index is -3.28. The van der Waals surface area contributed by atoms with Gasteiger partial charge in [0, 0.05) is 36.0 Å². The molecule has 0 atom stereocenters. The van der Waals surface area contributed by atoms with Gasteiger partial charge in [0.2, 0.25) is 11.8 Å². The van der Waals surface area contributed by atoms with E-state index in [1.165, 1.54) is 0 Å². The van der Waals surface area contributed by atoms with Crippen LogP contribution in [0.15, 0.2) is 60.7 Å². The van der Waals surface area contributed by atoms with Crippen molar-refractivity contribution in [2.45, 2.75) is 129 Å². The normalized spacial score (nSPS) is 22.4. The Labute approximate surface area is 248 Å². The molecule has 0 N–H and O–H groups in total. The van der Waals surface area contributed by atoms with Gasteiger partial charge in [0.25, 0.3) is 0 Å². The highest BCUT2D eigenvalue weighted by Crippen LogP contribution is 2.43. The number of likely N-dealkylation sites (tertiary alicyclic amines) is 2. The fourth-order valence-corrected chi connectivity index (χ4v) is 12.0. The fourth-order valence-electron chi connectivity index (χ4n) is 8.50. The average Bonchev–Trinajstić information content (AvgIpc) is 2.80. The van der Waals surface area contributed by atoms with Crippen LogP contribution in [0.5, 0.6) is 0 Å². The summed E-state index contributed by atoms with van der Waals surface area (Å²) in [7, 11) is -3.28. The molecule has 2 fully saturated rings. The number of piperidine rings is 2. The van der Waals surface area contributed by atoms with E-state index in [-0.39, 0.29) is 46.2 Å². The highest BCUT2D eigenvalue weighted by Gasteiger charge is 2.55. The fraction of sp³-hybridized carbons (Fsp3) is 0.588. The van der Waals surface area contributed by atoms with Crippen molar-refractivity contribution < 1.29 is 18.4 Å². The molecule has 0 saturated carbocycles. The summed E-state index contributed by atoms with van der Waals surface area (Å²) in [6.07, 6.45) is 2.64. The molecule has 2 saturated heterocycles. The van der Waals surface area contributed by atoms with Gasteiger partial charge in [-0.1, -0.05) is 60.7 Å². The van der Waals surface area contributed by atoms with Crippen LogP contribution in [0, 0.1) is 0 Å². The first-order valence-corrected chi connectivity index (χ1v) is 16.8. The van der Waals surface area contributed by atoms with E-state index >= 15 is 0 Å². The molecule has 2 aliphatic heterocycles. The van der Waals surface area contributed by atoms with Crippen LogP contribution in [-0.2, 0) is 18.4 Å². The lowest BCUT2D eigenvalue weighted by Crippen LogP contribution is -2.71. The molecule has 2 aromatic rings. The number of hydrogen-bond acceptors (Lipinski definition) is 4. The third kappa shape index (κ3) is 6.18. The number of amides is 2. The molecule has 2 amide bonds. The molecule has 2 heterocycles. The van der Waals surface area contributed by atoms with Gasteiger partial charge < -0.3 is 18.7 Å². The van der Waals surface area contributed by atoms with Gasteiger partial charge in [0.05, 0.1) is 12.2 Å². The molecule has 0 spiro atoms. The number of rotatable bonds is 6. The lowest BCUT2D eigenvalue weighted by Gasteiger charge is -2.57. The van der Waals surface area contributed by atoms with Crippen molar-refractivity contribution in [3.05, 3.63) is 60.7 Å². The smallest absolute Gasteiger partial charge is 0.384 e. The Bertz CT molecular complexity index is 1110. The summed E-state index contributed by atoms with van der Waals surface area (Å²) >= 11 is 0. The summed E-state index contributed by atoms with van der Waals surface area (Å²) in [4.78, 5) is 29.6. The zero-order chi connectivity index (χ0) is 30.4. The number of hydrogen-bond donors (Lipinski definition) is 0. The van der Waals surface area contributed by atoms with Crippen LogP contribution in [-0.4, -0.2) is 64.5 Å². The van der Waals surface area contributed by atoms with E-state index in [4.69, 9.17) is 8.85 Å². The second-order valence-electron chi connectivity index (χ2n) is 14.6. The van der Waals surface area contributed by atoms with Crippen LogP contribution in [0.2, 0.25) is 0 Å². The zero-order valence-electron chi connectivity index (χ0n) is 26.8. The first-order chi connectivity index (χ1) is 18.9. The SMILES string of the molecule is CC(=O)N1C(C)(C)CC(O[Si](OC2CC(C)(C)N(C(C)=O)C(C)(C)C2)(c2ccccc2)c2ccccc2)CC1(C)C. The third-order valence-corrected chi connectivity index (χ3v) is 12.5. The van der Waals surface area contributed by atoms with Crippen LogP contribution in [0.3, 0.4) is 0 Å². The lowest BCUT2D eigenvalue weighted by molar-refractivity contribution is -0.153. The highest BCUT2D eigenvalue weighted by atomic mass is 28.4. The first kappa shape index (κ1) is 31.5. The Hall–Kier alpha value is -2.48. The van der Waals surface area contributed by atoms with Gasteiger partial charge in [-0.25, -0.2) is 0 Å². The van der Waals surface area contributed by atoms with Crippen molar-refractivity contribution in [1.29, 1.82) is 0 Å². The van der Waals surface area contributed by atoms with E-state index in [9.17, 15) is 9.59 Å². The van der Waals surface area contributed by atoms with Crippen LogP contribution >= 0.6 is 0 Å². The summed E-state index contributed by atoms with van der Waals surface area (Å²) in [5.74, 6) is 0.178. The number of carbonyl (C=O) groups is 2. The summed E-state index contributed by atoms with van der Waals surface area (Å²) in [5.41, 5.74) is -1.49. The predicted molar refractivity (Wildman–Crippen MR) is 167 cm³/mol. The number of carbonyl (C=O) groups excluding carboxylic acids is 2. The van der Waals surface area contributed by atoms with Gasteiger partial charge in [-0.05, 0) is 91.4 Å². The highest BCUT2D eigenvalue weighted by molar-refractivity contribution is 6.92. The molecule has 0 bridgehead atoms. The molecule has 6 nitrogen and oxygen atoms in total. The van der Waals surface area contributed by atoms with Crippen LogP contribution < -0.4 is 10.4 Å². The van der Waals surface area contributed by atoms with Crippen molar-refractivity contribution in [2.24, 2.45) is 0 Å². The molecule has 7 heteroatoms. The molecule has 4 rings (SSSR count). The second-order valence-corrected chi connectivity index (χ2v) is 17.5. The molecule has 2 aliphatic rings. The van der Waals surface area contributed by atoms with E-state index in [0.29, 0.717) is 25.7 Å². The monoisotopic (exact) mass is 578 g/mol. The Kier molecular flexibility index (Phi) is 8.42. The Balaban J connectivity index is 1.82. The second kappa shape index (κ2) is 11.0. The van der Waals surface area contributed by atoms with E-state index in [2.05, 4.69) is 104 Å². The minimum Gasteiger partial charge on any atom is -0.384 e. The Morgan fingerprint density at radius 2 is 0.854 bits per heavy atom. The van der Waals surface area contributed by atoms with Crippen molar-refractivity contribution in [3.63, 3.8) is 0 Å². The quantitative estimate of drug-likeness (QED) is 0.430. The van der Waals surface area contributed by atoms with Gasteiger partial charge in [-0.15, -0.1) is 0 Å². The van der Waals surface area contributed by atoms with Gasteiger partial charge in [-0.3, -0.25) is 9.59 Å². The zero-order valence-corrected chi connectivity index (χ0v) is 27.8. The van der Waals surface area contributed by atoms with Crippen molar-refractivity contribution in [1.82, 2.24) is 9.80 Å². The van der Waals surface area contributed by atoms with Gasteiger partial charge in [-0.2, -0.15) is 0 Å². The molecule has 0 aliphatic carbocycles. The molecule has 2 aromatic carbocycles. The van der Waals surface area contributed by atoms with Gasteiger partial charge in [0.15, 0.2) is 0 Å². The van der Waals surface area contributed by atoms with Crippen molar-refractivity contribution >= 4 is 30.7 Å². The molecular formula is C34H50N2O4Si. The van der Waals surface area contributed by atoms with Crippen LogP contribution in [0.4, 0.5) is 0 Å². The van der Waals surface area contributed by atoms with Crippen molar-refractivity contribution in [3.8, 4) is 0 Å². The molecular weight excluding hydrogens is 528 g/mol. The van der Waals surface area contributed by atoms with Crippen LogP contribution in [0.1, 0.15) is 94.9 Å². The molecule has 41 heavy (non-hydrogen) atoms. The summed E-state index contributed by atoms with van der Waals surface area (Å²) < 4.78 is 14.9. The number of benzene rings is 2. The summed E-state index contributed by atoms with van der Waals surface area (Å²) in [6, 6.07) is 20.9. The molecule has 0 aromatic heterocycles. The van der Waals surface area contributed by atoms with Crippen LogP contribution in [0.25, 0.3) is 0 Å². The van der Waals surface area contributed by atoms with E-state index in [0.717, 1.165) is 10.4 Å². The van der Waals surface area contributed by atoms with Crippen molar-refractivity contribution in [2.75, 3.05) is 0 Å². The first-order valence-electron chi connectivity index (χ1n) is 15.0. The predicted octanol–water partition coefficient (Wildman–Crippen LogP) is 5.41. The van der Waals surface area contributed by atoms with Gasteiger partial charge >= 0.3 is 8.56 Å². The molecule has 0 unspecified atom stereocenters. The maximum Gasteiger partial charge on any atom is 0.407 e. The standard InChI is InChI=1S/C34H50N2O4Si/c1-25(37)35-31(3,4)21-27(22-32(35,5)6)39-41(29-17-13-11-14-18-29,30-19-15-12-16-20-30)40-28-23-33(7,8)36(26(2)38)34(9,10)24-28/h11-20,27-28H,21-24H2,1-10H3. The van der Waals surface area contributed by atoms with E-state index < -0.39 is 8.56 Å². The Morgan fingerprint density at radius 3 is 1.10 bits per heavy atom.